The molecule has 2 N–H and O–H groups in total. The Morgan fingerprint density at radius 2 is 2.33 bits per heavy atom. The predicted molar refractivity (Wildman–Crippen MR) is 51.2 cm³/mol. The molecule has 1 atom stereocenters. The van der Waals surface area contributed by atoms with Crippen molar-refractivity contribution in [3.8, 4) is 5.75 Å². The lowest BCUT2D eigenvalue weighted by molar-refractivity contribution is 0.269. The lowest BCUT2D eigenvalue weighted by Gasteiger charge is -2.22. The molecule has 2 rings (SSSR count). The highest BCUT2D eigenvalue weighted by Crippen LogP contribution is 2.32. The van der Waals surface area contributed by atoms with Crippen molar-refractivity contribution < 1.29 is 4.74 Å². The van der Waals surface area contributed by atoms with Crippen LogP contribution in [0.15, 0.2) is 22.7 Å². The number of halogens is 1. The first-order valence-corrected chi connectivity index (χ1v) is 4.74. The average Bonchev–Trinajstić information content (AvgIpc) is 2.04. The Morgan fingerprint density at radius 3 is 3.17 bits per heavy atom. The lowest BCUT2D eigenvalue weighted by Crippen LogP contribution is -2.20. The van der Waals surface area contributed by atoms with Crippen molar-refractivity contribution >= 4 is 15.9 Å². The third-order valence-electron chi connectivity index (χ3n) is 2.06. The van der Waals surface area contributed by atoms with Crippen LogP contribution >= 0.6 is 15.9 Å². The smallest absolute Gasteiger partial charge is 0.125 e. The lowest BCUT2D eigenvalue weighted by atomic mass is 10.0. The number of ether oxygens (including phenoxy) is 1. The van der Waals surface area contributed by atoms with E-state index in [4.69, 9.17) is 10.5 Å². The molecule has 0 saturated carbocycles. The van der Waals surface area contributed by atoms with Crippen LogP contribution in [0.3, 0.4) is 0 Å². The number of nitrogens with two attached hydrogens (primary N) is 1. The first kappa shape index (κ1) is 8.08. The third kappa shape index (κ3) is 1.34. The molecular weight excluding hydrogens is 218 g/mol. The van der Waals surface area contributed by atoms with Crippen molar-refractivity contribution in [2.24, 2.45) is 5.73 Å². The molecule has 0 amide bonds. The molecule has 0 saturated heterocycles. The molecule has 0 spiro atoms. The molecular formula is C9H10BrNO. The van der Waals surface area contributed by atoms with Crippen LogP contribution in [-0.2, 0) is 0 Å². The van der Waals surface area contributed by atoms with E-state index in [0.717, 1.165) is 28.8 Å². The van der Waals surface area contributed by atoms with Gasteiger partial charge in [0.2, 0.25) is 0 Å². The van der Waals surface area contributed by atoms with Gasteiger partial charge >= 0.3 is 0 Å². The van der Waals surface area contributed by atoms with Crippen LogP contribution in [0, 0.1) is 0 Å². The molecule has 1 unspecified atom stereocenters. The van der Waals surface area contributed by atoms with E-state index in [1.54, 1.807) is 0 Å². The second-order valence-corrected chi connectivity index (χ2v) is 3.84. The van der Waals surface area contributed by atoms with Crippen LogP contribution in [0.4, 0.5) is 0 Å². The second kappa shape index (κ2) is 3.07. The summed E-state index contributed by atoms with van der Waals surface area (Å²) in [6.45, 7) is 0.727. The predicted octanol–water partition coefficient (Wildman–Crippen LogP) is 2.23. The molecule has 64 valence electrons. The van der Waals surface area contributed by atoms with E-state index >= 15 is 0 Å². The summed E-state index contributed by atoms with van der Waals surface area (Å²) in [4.78, 5) is 0. The Kier molecular flexibility index (Phi) is 2.07. The van der Waals surface area contributed by atoms with E-state index in [1.165, 1.54) is 0 Å². The van der Waals surface area contributed by atoms with Gasteiger partial charge < -0.3 is 10.5 Å². The van der Waals surface area contributed by atoms with E-state index in [-0.39, 0.29) is 6.04 Å². The highest BCUT2D eigenvalue weighted by molar-refractivity contribution is 9.10. The first-order valence-electron chi connectivity index (χ1n) is 3.95. The van der Waals surface area contributed by atoms with E-state index in [0.29, 0.717) is 0 Å². The Hall–Kier alpha value is -0.540. The Bertz CT molecular complexity index is 301. The number of hydrogen-bond acceptors (Lipinski definition) is 2. The number of hydrogen-bond donors (Lipinski definition) is 1. The van der Waals surface area contributed by atoms with Gasteiger partial charge in [-0.3, -0.25) is 0 Å². The monoisotopic (exact) mass is 227 g/mol. The molecule has 1 aliphatic heterocycles. The molecule has 1 heterocycles. The summed E-state index contributed by atoms with van der Waals surface area (Å²) < 4.78 is 6.50. The molecule has 0 radical (unpaired) electrons. The van der Waals surface area contributed by atoms with Crippen LogP contribution in [0.1, 0.15) is 18.0 Å². The van der Waals surface area contributed by atoms with Gasteiger partial charge in [-0.25, -0.2) is 0 Å². The molecule has 3 heteroatoms. The van der Waals surface area contributed by atoms with Crippen molar-refractivity contribution in [1.29, 1.82) is 0 Å². The second-order valence-electron chi connectivity index (χ2n) is 2.93. The van der Waals surface area contributed by atoms with Gasteiger partial charge in [0.15, 0.2) is 0 Å². The SMILES string of the molecule is NC1CCOc2cc(Br)ccc21. The Morgan fingerprint density at radius 1 is 1.50 bits per heavy atom. The third-order valence-corrected chi connectivity index (χ3v) is 2.55. The van der Waals surface area contributed by atoms with Crippen LogP contribution in [-0.4, -0.2) is 6.61 Å². The fourth-order valence-electron chi connectivity index (χ4n) is 1.39. The molecule has 12 heavy (non-hydrogen) atoms. The minimum atomic E-state index is 0.141. The largest absolute Gasteiger partial charge is 0.493 e. The van der Waals surface area contributed by atoms with Crippen molar-refractivity contribution in [1.82, 2.24) is 0 Å². The zero-order valence-corrected chi connectivity index (χ0v) is 8.17. The number of rotatable bonds is 0. The zero-order chi connectivity index (χ0) is 8.55. The number of benzene rings is 1. The maximum atomic E-state index is 5.90. The highest BCUT2D eigenvalue weighted by Gasteiger charge is 2.17. The molecule has 0 aliphatic carbocycles. The van der Waals surface area contributed by atoms with Gasteiger partial charge in [-0.2, -0.15) is 0 Å². The first-order chi connectivity index (χ1) is 5.77. The quantitative estimate of drug-likeness (QED) is 0.738. The standard InChI is InChI=1S/C9H10BrNO/c10-6-1-2-7-8(11)3-4-12-9(7)5-6/h1-2,5,8H,3-4,11H2. The van der Waals surface area contributed by atoms with E-state index in [1.807, 2.05) is 18.2 Å². The molecule has 0 aromatic heterocycles. The highest BCUT2D eigenvalue weighted by atomic mass is 79.9. The summed E-state index contributed by atoms with van der Waals surface area (Å²) >= 11 is 3.39. The van der Waals surface area contributed by atoms with Crippen molar-refractivity contribution in [2.45, 2.75) is 12.5 Å². The summed E-state index contributed by atoms with van der Waals surface area (Å²) in [6.07, 6.45) is 0.911. The van der Waals surface area contributed by atoms with Gasteiger partial charge in [0.1, 0.15) is 5.75 Å². The maximum Gasteiger partial charge on any atom is 0.125 e. The molecule has 0 fully saturated rings. The Labute approximate surface area is 79.8 Å². The zero-order valence-electron chi connectivity index (χ0n) is 6.59. The summed E-state index contributed by atoms with van der Waals surface area (Å²) in [5.41, 5.74) is 7.02. The summed E-state index contributed by atoms with van der Waals surface area (Å²) in [6, 6.07) is 6.12. The minimum Gasteiger partial charge on any atom is -0.493 e. The molecule has 1 aromatic rings. The summed E-state index contributed by atoms with van der Waals surface area (Å²) in [5.74, 6) is 0.920. The molecule has 2 nitrogen and oxygen atoms in total. The van der Waals surface area contributed by atoms with Gasteiger partial charge in [0.05, 0.1) is 6.61 Å². The fraction of sp³-hybridized carbons (Fsp3) is 0.333. The maximum absolute atomic E-state index is 5.90. The van der Waals surface area contributed by atoms with Crippen molar-refractivity contribution in [3.05, 3.63) is 28.2 Å². The van der Waals surface area contributed by atoms with Gasteiger partial charge in [-0.1, -0.05) is 22.0 Å². The topological polar surface area (TPSA) is 35.2 Å². The molecule has 1 aliphatic rings. The van der Waals surface area contributed by atoms with Gasteiger partial charge in [0.25, 0.3) is 0 Å². The van der Waals surface area contributed by atoms with Gasteiger partial charge in [0, 0.05) is 22.5 Å². The van der Waals surface area contributed by atoms with E-state index in [2.05, 4.69) is 15.9 Å². The van der Waals surface area contributed by atoms with Crippen LogP contribution < -0.4 is 10.5 Å². The average molecular weight is 228 g/mol. The molecule has 1 aromatic carbocycles. The fourth-order valence-corrected chi connectivity index (χ4v) is 1.73. The van der Waals surface area contributed by atoms with Gasteiger partial charge in [-0.05, 0) is 12.1 Å². The summed E-state index contributed by atoms with van der Waals surface area (Å²) in [7, 11) is 0. The summed E-state index contributed by atoms with van der Waals surface area (Å²) in [5, 5.41) is 0. The van der Waals surface area contributed by atoms with Crippen LogP contribution in [0.2, 0.25) is 0 Å². The van der Waals surface area contributed by atoms with E-state index < -0.39 is 0 Å². The van der Waals surface area contributed by atoms with Gasteiger partial charge in [-0.15, -0.1) is 0 Å². The van der Waals surface area contributed by atoms with E-state index in [9.17, 15) is 0 Å². The van der Waals surface area contributed by atoms with Crippen LogP contribution in [0.25, 0.3) is 0 Å². The minimum absolute atomic E-state index is 0.141. The normalized spacial score (nSPS) is 21.3. The van der Waals surface area contributed by atoms with Crippen molar-refractivity contribution in [3.63, 3.8) is 0 Å². The van der Waals surface area contributed by atoms with Crippen LogP contribution in [0.5, 0.6) is 5.75 Å². The number of fused-ring (bicyclic) bond motifs is 1. The Balaban J connectivity index is 2.46. The van der Waals surface area contributed by atoms with Crippen molar-refractivity contribution in [2.75, 3.05) is 6.61 Å². The molecule has 0 bridgehead atoms.